The number of aliphatic hydroxyl groups excluding tert-OH is 1. The fourth-order valence-corrected chi connectivity index (χ4v) is 4.29. The lowest BCUT2D eigenvalue weighted by Gasteiger charge is -2.25. The van der Waals surface area contributed by atoms with Crippen LogP contribution in [0.1, 0.15) is 46.9 Å². The zero-order chi connectivity index (χ0) is 26.9. The molecule has 0 bridgehead atoms. The lowest BCUT2D eigenvalue weighted by Crippen LogP contribution is -2.29. The molecule has 37 heavy (non-hydrogen) atoms. The number of hydrogen-bond acceptors (Lipinski definition) is 7. The Morgan fingerprint density at radius 2 is 1.57 bits per heavy atom. The number of aromatic hydroxyl groups is 1. The second-order valence-corrected chi connectivity index (χ2v) is 8.95. The smallest absolute Gasteiger partial charge is 0.338 e. The van der Waals surface area contributed by atoms with E-state index in [4.69, 9.17) is 9.47 Å². The third kappa shape index (κ3) is 4.91. The number of methoxy groups -OCH3 is 1. The predicted octanol–water partition coefficient (Wildman–Crippen LogP) is 4.90. The minimum absolute atomic E-state index is 0.0134. The van der Waals surface area contributed by atoms with E-state index in [1.165, 1.54) is 36.3 Å². The standard InChI is InChI=1S/C29H27NO7/c1-16(2)37-29(35)19-5-10-21(11-6-19)30-25(18-7-12-22(31)13-8-18)24(27(33)28(30)34)26(32)20-9-14-23(36-4)17(3)15-20/h5-16,25,31-32H,1-4H3/b26-24-. The zero-order valence-electron chi connectivity index (χ0n) is 20.9. The van der Waals surface area contributed by atoms with Gasteiger partial charge in [0.15, 0.2) is 0 Å². The van der Waals surface area contributed by atoms with Gasteiger partial charge in [-0.05, 0) is 86.5 Å². The van der Waals surface area contributed by atoms with Gasteiger partial charge in [-0.1, -0.05) is 12.1 Å². The van der Waals surface area contributed by atoms with E-state index in [9.17, 15) is 24.6 Å². The fourth-order valence-electron chi connectivity index (χ4n) is 4.29. The molecule has 0 aromatic heterocycles. The van der Waals surface area contributed by atoms with Gasteiger partial charge >= 0.3 is 5.97 Å². The van der Waals surface area contributed by atoms with E-state index >= 15 is 0 Å². The van der Waals surface area contributed by atoms with Crippen LogP contribution in [0.4, 0.5) is 5.69 Å². The summed E-state index contributed by atoms with van der Waals surface area (Å²) in [6.45, 7) is 5.29. The molecule has 1 atom stereocenters. The number of aliphatic hydroxyl groups is 1. The summed E-state index contributed by atoms with van der Waals surface area (Å²) >= 11 is 0. The number of anilines is 1. The molecule has 190 valence electrons. The molecule has 3 aromatic rings. The molecule has 1 amide bonds. The van der Waals surface area contributed by atoms with E-state index in [1.807, 2.05) is 0 Å². The van der Waals surface area contributed by atoms with Crippen molar-refractivity contribution in [3.8, 4) is 11.5 Å². The van der Waals surface area contributed by atoms with Gasteiger partial charge in [-0.15, -0.1) is 0 Å². The Bertz CT molecular complexity index is 1390. The molecule has 0 aliphatic carbocycles. The zero-order valence-corrected chi connectivity index (χ0v) is 20.9. The van der Waals surface area contributed by atoms with E-state index in [-0.39, 0.29) is 23.2 Å². The molecule has 0 spiro atoms. The van der Waals surface area contributed by atoms with Gasteiger partial charge in [0, 0.05) is 11.3 Å². The van der Waals surface area contributed by atoms with Crippen LogP contribution in [0.5, 0.6) is 11.5 Å². The third-order valence-corrected chi connectivity index (χ3v) is 6.05. The molecule has 1 heterocycles. The summed E-state index contributed by atoms with van der Waals surface area (Å²) < 4.78 is 10.5. The maximum Gasteiger partial charge on any atom is 0.338 e. The first-order valence-electron chi connectivity index (χ1n) is 11.7. The van der Waals surface area contributed by atoms with E-state index in [0.29, 0.717) is 28.1 Å². The van der Waals surface area contributed by atoms with Gasteiger partial charge in [0.25, 0.3) is 11.7 Å². The number of ether oxygens (including phenoxy) is 2. The first-order chi connectivity index (χ1) is 17.6. The van der Waals surface area contributed by atoms with Crippen molar-refractivity contribution in [2.75, 3.05) is 12.0 Å². The Morgan fingerprint density at radius 3 is 2.14 bits per heavy atom. The second kappa shape index (κ2) is 10.2. The number of carbonyl (C=O) groups excluding carboxylic acids is 3. The largest absolute Gasteiger partial charge is 0.508 e. The van der Waals surface area contributed by atoms with Crippen molar-refractivity contribution in [2.45, 2.75) is 32.9 Å². The molecule has 0 radical (unpaired) electrons. The van der Waals surface area contributed by atoms with Gasteiger partial charge in [-0.25, -0.2) is 4.79 Å². The molecule has 1 aliphatic rings. The number of Topliss-reactive ketones (excluding diaryl/α,β-unsaturated/α-hetero) is 1. The molecule has 1 saturated heterocycles. The highest BCUT2D eigenvalue weighted by Gasteiger charge is 2.47. The number of aryl methyl sites for hydroxylation is 1. The number of nitrogens with zero attached hydrogens (tertiary/aromatic N) is 1. The van der Waals surface area contributed by atoms with Crippen LogP contribution in [0, 0.1) is 6.92 Å². The number of esters is 1. The highest BCUT2D eigenvalue weighted by molar-refractivity contribution is 6.51. The monoisotopic (exact) mass is 501 g/mol. The molecule has 8 nitrogen and oxygen atoms in total. The molecule has 8 heteroatoms. The van der Waals surface area contributed by atoms with Gasteiger partial charge in [0.2, 0.25) is 0 Å². The van der Waals surface area contributed by atoms with Crippen LogP contribution < -0.4 is 9.64 Å². The number of carbonyl (C=O) groups is 3. The minimum atomic E-state index is -0.975. The quantitative estimate of drug-likeness (QED) is 0.214. The number of amides is 1. The summed E-state index contributed by atoms with van der Waals surface area (Å²) in [7, 11) is 1.53. The van der Waals surface area contributed by atoms with Gasteiger partial charge < -0.3 is 19.7 Å². The van der Waals surface area contributed by atoms with Crippen LogP contribution in [0.15, 0.2) is 72.3 Å². The molecule has 1 aliphatic heterocycles. The van der Waals surface area contributed by atoms with Crippen molar-refractivity contribution < 1.29 is 34.1 Å². The molecular formula is C29H27NO7. The molecule has 0 saturated carbocycles. The average Bonchev–Trinajstić information content (AvgIpc) is 3.14. The van der Waals surface area contributed by atoms with Gasteiger partial charge in [-0.3, -0.25) is 14.5 Å². The van der Waals surface area contributed by atoms with Crippen molar-refractivity contribution >= 4 is 29.1 Å². The molecule has 2 N–H and O–H groups in total. The predicted molar refractivity (Wildman–Crippen MR) is 138 cm³/mol. The fraction of sp³-hybridized carbons (Fsp3) is 0.207. The van der Waals surface area contributed by atoms with Crippen molar-refractivity contribution in [1.82, 2.24) is 0 Å². The maximum atomic E-state index is 13.3. The highest BCUT2D eigenvalue weighted by atomic mass is 16.5. The van der Waals surface area contributed by atoms with Gasteiger partial charge in [0.05, 0.1) is 30.4 Å². The third-order valence-electron chi connectivity index (χ3n) is 6.05. The van der Waals surface area contributed by atoms with Crippen molar-refractivity contribution in [2.24, 2.45) is 0 Å². The number of phenols is 1. The van der Waals surface area contributed by atoms with Gasteiger partial charge in [0.1, 0.15) is 17.3 Å². The van der Waals surface area contributed by atoms with E-state index < -0.39 is 23.7 Å². The van der Waals surface area contributed by atoms with E-state index in [0.717, 1.165) is 5.56 Å². The number of ketones is 1. The molecular weight excluding hydrogens is 474 g/mol. The number of benzene rings is 3. The molecule has 3 aromatic carbocycles. The Kier molecular flexibility index (Phi) is 7.02. The van der Waals surface area contributed by atoms with Crippen LogP contribution in [0.25, 0.3) is 5.76 Å². The molecule has 1 unspecified atom stereocenters. The second-order valence-electron chi connectivity index (χ2n) is 8.95. The SMILES string of the molecule is COc1ccc(/C(O)=C2/C(=O)C(=O)N(c3ccc(C(=O)OC(C)C)cc3)C2c2ccc(O)cc2)cc1C. The number of rotatable bonds is 6. The summed E-state index contributed by atoms with van der Waals surface area (Å²) in [6, 6.07) is 16.2. The van der Waals surface area contributed by atoms with Crippen LogP contribution in [-0.4, -0.2) is 41.1 Å². The summed E-state index contributed by atoms with van der Waals surface area (Å²) in [6.07, 6.45) is -0.291. The minimum Gasteiger partial charge on any atom is -0.508 e. The highest BCUT2D eigenvalue weighted by Crippen LogP contribution is 2.42. The Labute approximate surface area is 214 Å². The topological polar surface area (TPSA) is 113 Å². The first kappa shape index (κ1) is 25.5. The summed E-state index contributed by atoms with van der Waals surface area (Å²) in [4.78, 5) is 40.1. The maximum absolute atomic E-state index is 13.3. The summed E-state index contributed by atoms with van der Waals surface area (Å²) in [5.41, 5.74) is 2.16. The average molecular weight is 502 g/mol. The molecule has 1 fully saturated rings. The van der Waals surface area contributed by atoms with Gasteiger partial charge in [-0.2, -0.15) is 0 Å². The van der Waals surface area contributed by atoms with E-state index in [1.54, 1.807) is 63.2 Å². The van der Waals surface area contributed by atoms with Crippen LogP contribution in [0.3, 0.4) is 0 Å². The lowest BCUT2D eigenvalue weighted by molar-refractivity contribution is -0.132. The summed E-state index contributed by atoms with van der Waals surface area (Å²) in [5.74, 6) is -1.90. The van der Waals surface area contributed by atoms with E-state index in [2.05, 4.69) is 0 Å². The lowest BCUT2D eigenvalue weighted by atomic mass is 9.94. The van der Waals surface area contributed by atoms with Crippen molar-refractivity contribution in [3.63, 3.8) is 0 Å². The first-order valence-corrected chi connectivity index (χ1v) is 11.7. The normalized spacial score (nSPS) is 16.8. The van der Waals surface area contributed by atoms with Crippen molar-refractivity contribution in [3.05, 3.63) is 94.6 Å². The van der Waals surface area contributed by atoms with Crippen LogP contribution in [0.2, 0.25) is 0 Å². The number of phenolic OH excluding ortho intramolecular Hbond substituents is 1. The Balaban J connectivity index is 1.84. The van der Waals surface area contributed by atoms with Crippen molar-refractivity contribution in [1.29, 1.82) is 0 Å². The number of hydrogen-bond donors (Lipinski definition) is 2. The summed E-state index contributed by atoms with van der Waals surface area (Å²) in [5, 5.41) is 21.1. The Hall–Kier alpha value is -4.59. The van der Waals surface area contributed by atoms with Crippen LogP contribution in [-0.2, 0) is 14.3 Å². The molecule has 4 rings (SSSR count). The Morgan fingerprint density at radius 1 is 0.946 bits per heavy atom. The van der Waals surface area contributed by atoms with Crippen LogP contribution >= 0.6 is 0 Å².